The number of ether oxygens (including phenoxy) is 1. The zero-order chi connectivity index (χ0) is 29.8. The van der Waals surface area contributed by atoms with Gasteiger partial charge in [0.2, 0.25) is 0 Å². The van der Waals surface area contributed by atoms with Gasteiger partial charge in [-0.05, 0) is 56.8 Å². The molecule has 1 aliphatic heterocycles. The van der Waals surface area contributed by atoms with Crippen molar-refractivity contribution in [3.63, 3.8) is 0 Å². The largest absolute Gasteiger partial charge is 0.486 e. The van der Waals surface area contributed by atoms with E-state index in [2.05, 4.69) is 15.3 Å². The average Bonchev–Trinajstić information content (AvgIpc) is 3.28. The number of aromatic carboxylic acids is 1. The Labute approximate surface area is 239 Å². The summed E-state index contributed by atoms with van der Waals surface area (Å²) in [5, 5.41) is 26.3. The number of benzene rings is 2. The van der Waals surface area contributed by atoms with Gasteiger partial charge in [0.15, 0.2) is 5.75 Å². The Kier molecular flexibility index (Phi) is 9.09. The van der Waals surface area contributed by atoms with E-state index in [0.717, 1.165) is 5.56 Å². The molecule has 0 unspecified atom stereocenters. The summed E-state index contributed by atoms with van der Waals surface area (Å²) in [5.41, 5.74) is 2.91. The van der Waals surface area contributed by atoms with Crippen LogP contribution in [-0.4, -0.2) is 86.5 Å². The highest BCUT2D eigenvalue weighted by Gasteiger charge is 2.34. The minimum Gasteiger partial charge on any atom is -0.486 e. The Balaban J connectivity index is 1.65. The Morgan fingerprint density at radius 1 is 1.22 bits per heavy atom. The summed E-state index contributed by atoms with van der Waals surface area (Å²) < 4.78 is 8.07. The lowest BCUT2D eigenvalue weighted by Crippen LogP contribution is -2.49. The number of aliphatic hydroxyl groups excluding tert-OH is 1. The van der Waals surface area contributed by atoms with E-state index in [1.54, 1.807) is 74.3 Å². The van der Waals surface area contributed by atoms with E-state index >= 15 is 0 Å². The summed E-state index contributed by atoms with van der Waals surface area (Å²) in [4.78, 5) is 41.8. The number of hydrogen-bond donors (Lipinski definition) is 3. The maximum absolute atomic E-state index is 13.7. The number of carbonyl (C=O) groups is 3. The molecule has 11 nitrogen and oxygen atoms in total. The van der Waals surface area contributed by atoms with Crippen molar-refractivity contribution in [2.45, 2.75) is 39.5 Å². The highest BCUT2D eigenvalue weighted by Crippen LogP contribution is 2.35. The Morgan fingerprint density at radius 3 is 2.54 bits per heavy atom. The summed E-state index contributed by atoms with van der Waals surface area (Å²) in [6, 6.07) is 13.1. The van der Waals surface area contributed by atoms with E-state index in [1.165, 1.54) is 4.68 Å². The second-order valence-corrected chi connectivity index (χ2v) is 10.8. The van der Waals surface area contributed by atoms with E-state index in [-0.39, 0.29) is 41.8 Å². The summed E-state index contributed by atoms with van der Waals surface area (Å²) in [6.45, 7) is 6.81. The van der Waals surface area contributed by atoms with Crippen LogP contribution in [0.1, 0.15) is 56.3 Å². The number of aryl methyl sites for hydroxylation is 2. The van der Waals surface area contributed by atoms with Crippen LogP contribution in [0.2, 0.25) is 0 Å². The average molecular weight is 564 g/mol. The first kappa shape index (κ1) is 29.8. The smallest absolute Gasteiger partial charge is 0.335 e. The first-order valence-electron chi connectivity index (χ1n) is 13.5. The van der Waals surface area contributed by atoms with Gasteiger partial charge in [-0.1, -0.05) is 25.1 Å². The van der Waals surface area contributed by atoms with E-state index in [9.17, 15) is 24.6 Å². The van der Waals surface area contributed by atoms with Crippen molar-refractivity contribution in [2.24, 2.45) is 13.0 Å². The van der Waals surface area contributed by atoms with E-state index in [4.69, 9.17) is 4.74 Å². The van der Waals surface area contributed by atoms with Gasteiger partial charge in [-0.3, -0.25) is 19.2 Å². The molecule has 0 bridgehead atoms. The van der Waals surface area contributed by atoms with Crippen LogP contribution in [0.3, 0.4) is 0 Å². The molecule has 0 aliphatic carbocycles. The van der Waals surface area contributed by atoms with Crippen molar-refractivity contribution in [3.8, 4) is 5.75 Å². The van der Waals surface area contributed by atoms with E-state index in [0.29, 0.717) is 42.3 Å². The summed E-state index contributed by atoms with van der Waals surface area (Å²) in [7, 11) is 3.63. The normalized spacial score (nSPS) is 17.8. The number of fused-ring (bicyclic) bond motifs is 1. The number of rotatable bonds is 9. The number of anilines is 1. The van der Waals surface area contributed by atoms with Gasteiger partial charge >= 0.3 is 5.97 Å². The number of amides is 2. The lowest BCUT2D eigenvalue weighted by molar-refractivity contribution is 0.0343. The molecule has 3 atom stereocenters. The van der Waals surface area contributed by atoms with Crippen LogP contribution in [0.5, 0.6) is 5.75 Å². The zero-order valence-corrected chi connectivity index (χ0v) is 24.0. The third-order valence-electron chi connectivity index (χ3n) is 7.32. The highest BCUT2D eigenvalue weighted by atomic mass is 16.5. The van der Waals surface area contributed by atoms with Crippen LogP contribution in [0.4, 0.5) is 5.69 Å². The third kappa shape index (κ3) is 6.75. The molecule has 218 valence electrons. The molecule has 1 aliphatic rings. The first-order valence-corrected chi connectivity index (χ1v) is 13.5. The first-order chi connectivity index (χ1) is 19.5. The number of para-hydroxylation sites is 1. The molecule has 2 heterocycles. The van der Waals surface area contributed by atoms with Crippen LogP contribution in [-0.2, 0) is 13.6 Å². The molecule has 0 fully saturated rings. The number of aromatic nitrogens is 2. The number of nitrogens with zero attached hydrogens (tertiary/aromatic N) is 4. The molecule has 2 aromatic carbocycles. The SMILES string of the molecule is Cc1cc(C(=O)Nc2cccc3c2O[C@@H](CN(C)Cc2ccc(C(=O)O)cc2)[C@H](C)CN([C@H](C)CO)C3=O)n(C)n1. The molecule has 1 aromatic heterocycles. The van der Waals surface area contributed by atoms with Gasteiger partial charge < -0.3 is 25.2 Å². The van der Waals surface area contributed by atoms with Crippen LogP contribution >= 0.6 is 0 Å². The van der Waals surface area contributed by atoms with Crippen molar-refractivity contribution in [1.82, 2.24) is 19.6 Å². The molecule has 0 spiro atoms. The van der Waals surface area contributed by atoms with E-state index in [1.807, 2.05) is 14.0 Å². The molecule has 0 radical (unpaired) electrons. The predicted octanol–water partition coefficient (Wildman–Crippen LogP) is 3.03. The molecule has 3 N–H and O–H groups in total. The maximum Gasteiger partial charge on any atom is 0.335 e. The molecule has 3 aromatic rings. The topological polar surface area (TPSA) is 137 Å². The third-order valence-corrected chi connectivity index (χ3v) is 7.32. The van der Waals surface area contributed by atoms with Crippen molar-refractivity contribution in [2.75, 3.05) is 32.1 Å². The fraction of sp³-hybridized carbons (Fsp3) is 0.400. The second-order valence-electron chi connectivity index (χ2n) is 10.8. The lowest BCUT2D eigenvalue weighted by atomic mass is 9.98. The fourth-order valence-electron chi connectivity index (χ4n) is 5.01. The van der Waals surface area contributed by atoms with E-state index < -0.39 is 12.0 Å². The van der Waals surface area contributed by atoms with Crippen molar-refractivity contribution < 1.29 is 29.3 Å². The van der Waals surface area contributed by atoms with Crippen molar-refractivity contribution in [3.05, 3.63) is 76.6 Å². The van der Waals surface area contributed by atoms with Gasteiger partial charge in [-0.15, -0.1) is 0 Å². The minimum atomic E-state index is -0.974. The zero-order valence-electron chi connectivity index (χ0n) is 24.0. The quantitative estimate of drug-likeness (QED) is 0.361. The van der Waals surface area contributed by atoms with Crippen LogP contribution in [0, 0.1) is 12.8 Å². The van der Waals surface area contributed by atoms with Gasteiger partial charge in [-0.25, -0.2) is 4.79 Å². The molecule has 4 rings (SSSR count). The molecule has 11 heteroatoms. The maximum atomic E-state index is 13.7. The molecule has 0 saturated heterocycles. The van der Waals surface area contributed by atoms with Crippen molar-refractivity contribution in [1.29, 1.82) is 0 Å². The van der Waals surface area contributed by atoms with Gasteiger partial charge in [0.25, 0.3) is 11.8 Å². The molecule has 0 saturated carbocycles. The standard InChI is InChI=1S/C30H37N5O6/c1-18-14-35(20(3)17-36)29(38)23-7-6-8-24(31-28(37)25-13-19(2)32-34(25)5)27(23)41-26(18)16-33(4)15-21-9-11-22(12-10-21)30(39)40/h6-13,18,20,26,36H,14-17H2,1-5H3,(H,31,37)(H,39,40)/t18-,20-,26+/m1/s1. The predicted molar refractivity (Wildman–Crippen MR) is 153 cm³/mol. The van der Waals surface area contributed by atoms with Gasteiger partial charge in [0.1, 0.15) is 11.8 Å². The summed E-state index contributed by atoms with van der Waals surface area (Å²) in [6.07, 6.45) is -0.379. The van der Waals surface area contributed by atoms with Crippen molar-refractivity contribution >= 4 is 23.5 Å². The minimum absolute atomic E-state index is 0.124. The number of carboxylic acid groups (broad SMARTS) is 1. The highest BCUT2D eigenvalue weighted by molar-refractivity contribution is 6.06. The Morgan fingerprint density at radius 2 is 1.93 bits per heavy atom. The molecule has 2 amide bonds. The number of aliphatic hydroxyl groups is 1. The number of carboxylic acids is 1. The molecular formula is C30H37N5O6. The summed E-state index contributed by atoms with van der Waals surface area (Å²) >= 11 is 0. The van der Waals surface area contributed by atoms with Gasteiger partial charge in [0.05, 0.1) is 35.2 Å². The fourth-order valence-corrected chi connectivity index (χ4v) is 5.01. The monoisotopic (exact) mass is 563 g/mol. The second kappa shape index (κ2) is 12.5. The van der Waals surface area contributed by atoms with Gasteiger partial charge in [0, 0.05) is 32.6 Å². The lowest BCUT2D eigenvalue weighted by Gasteiger charge is -2.38. The Bertz CT molecular complexity index is 1420. The summed E-state index contributed by atoms with van der Waals surface area (Å²) in [5.74, 6) is -1.49. The number of hydrogen-bond acceptors (Lipinski definition) is 7. The molecule has 41 heavy (non-hydrogen) atoms. The molecular weight excluding hydrogens is 526 g/mol. The number of nitrogens with one attached hydrogen (secondary N) is 1. The van der Waals surface area contributed by atoms with Gasteiger partial charge in [-0.2, -0.15) is 5.10 Å². The van der Waals surface area contributed by atoms with Crippen LogP contribution in [0.25, 0.3) is 0 Å². The van der Waals surface area contributed by atoms with Crippen LogP contribution in [0.15, 0.2) is 48.5 Å². The number of carbonyl (C=O) groups excluding carboxylic acids is 2. The number of likely N-dealkylation sites (N-methyl/N-ethyl adjacent to an activating group) is 1. The Hall–Kier alpha value is -4.22. The van der Waals surface area contributed by atoms with Crippen LogP contribution < -0.4 is 10.1 Å².